The molecule has 0 N–H and O–H groups in total. The molecule has 0 nitrogen and oxygen atoms in total. The van der Waals surface area contributed by atoms with Crippen molar-refractivity contribution in [2.75, 3.05) is 0 Å². The molecule has 4 heteroatoms. The second kappa shape index (κ2) is 31.0. The van der Waals surface area contributed by atoms with Gasteiger partial charge < -0.3 is 22.3 Å². The van der Waals surface area contributed by atoms with Gasteiger partial charge in [0.05, 0.1) is 0 Å². The molecule has 2 rings (SSSR count). The van der Waals surface area contributed by atoms with Crippen LogP contribution in [-0.2, 0) is 20.0 Å². The molecule has 114 valence electrons. The maximum Gasteiger partial charge on any atom is -0.109 e. The first-order chi connectivity index (χ1) is 6.73. The van der Waals surface area contributed by atoms with Crippen LogP contribution in [0.4, 0.5) is 0 Å². The van der Waals surface area contributed by atoms with E-state index in [-0.39, 0.29) is 47.1 Å². The first kappa shape index (κ1) is 36.6. The summed E-state index contributed by atoms with van der Waals surface area (Å²) < 4.78 is 1.42. The minimum atomic E-state index is 0. The normalized spacial score (nSPS) is 8.47. The number of allylic oxidation sites excluding steroid dienone is 4. The quantitative estimate of drug-likeness (QED) is 0.409. The van der Waals surface area contributed by atoms with Crippen molar-refractivity contribution < 1.29 is 20.0 Å². The average molecular weight is 356 g/mol. The molecule has 1 heterocycles. The Labute approximate surface area is 147 Å². The minimum Gasteiger partial charge on any atom is -0.358 e. The van der Waals surface area contributed by atoms with Crippen LogP contribution in [0.5, 0.6) is 0 Å². The van der Waals surface area contributed by atoms with E-state index in [2.05, 4.69) is 57.6 Å². The minimum absolute atomic E-state index is 0. The van der Waals surface area contributed by atoms with Gasteiger partial charge in [-0.15, -0.1) is 31.2 Å². The van der Waals surface area contributed by atoms with Gasteiger partial charge in [0, 0.05) is 0 Å². The molecule has 0 amide bonds. The van der Waals surface area contributed by atoms with E-state index < -0.39 is 0 Å². The van der Waals surface area contributed by atoms with Crippen LogP contribution in [0.2, 0.25) is 0 Å². The maximum atomic E-state index is 3.01. The van der Waals surface area contributed by atoms with Crippen molar-refractivity contribution in [2.24, 2.45) is 0 Å². The summed E-state index contributed by atoms with van der Waals surface area (Å²) in [6, 6.07) is 3.96. The topological polar surface area (TPSA) is 0 Å². The van der Waals surface area contributed by atoms with Crippen molar-refractivity contribution >= 4 is 36.8 Å². The molecule has 1 atom stereocenters. The van der Waals surface area contributed by atoms with Crippen molar-refractivity contribution in [3.63, 3.8) is 0 Å². The Hall–Kier alpha value is 0.424. The van der Waals surface area contributed by atoms with Gasteiger partial charge in [-0.25, -0.2) is 18.2 Å². The third kappa shape index (κ3) is 45.7. The molecule has 1 unspecified atom stereocenters. The van der Waals surface area contributed by atoms with E-state index in [4.69, 9.17) is 0 Å². The summed E-state index contributed by atoms with van der Waals surface area (Å²) in [5, 5.41) is 0. The second-order valence-electron chi connectivity index (χ2n) is 2.82. The number of hydrogen-bond acceptors (Lipinski definition) is 0. The van der Waals surface area contributed by atoms with Gasteiger partial charge in [-0.2, -0.15) is 23.7 Å². The van der Waals surface area contributed by atoms with Crippen molar-refractivity contribution in [2.45, 2.75) is 20.3 Å². The summed E-state index contributed by atoms with van der Waals surface area (Å²) in [6.45, 7) is 4.17. The van der Waals surface area contributed by atoms with Crippen LogP contribution >= 0.6 is 33.0 Å². The number of rotatable bonds is 0. The zero-order valence-electron chi connectivity index (χ0n) is 12.5. The molecule has 0 aromatic carbocycles. The Balaban J connectivity index is -0.0000000297. The standard InChI is InChI=1S/C5H5.C4H4P.C3H6.3CH3.2ClH.Ti/c2*1-2-4-5-3-1;1-3-2;;;;;;/h1-3H,4H2;1-3,5H;1-2H3;3*1H3;2*1H;/q2*-1;;3*-1;;;. The molecule has 0 aliphatic heterocycles. The summed E-state index contributed by atoms with van der Waals surface area (Å²) in [4.78, 5) is 0. The van der Waals surface area contributed by atoms with Crippen molar-refractivity contribution in [3.8, 4) is 0 Å². The fraction of sp³-hybridized carbons (Fsp3) is 0.200. The Morgan fingerprint density at radius 2 is 1.68 bits per heavy atom. The predicted octanol–water partition coefficient (Wildman–Crippen LogP) is 5.76. The molecule has 19 heavy (non-hydrogen) atoms. The third-order valence-corrected chi connectivity index (χ3v) is 1.72. The van der Waals surface area contributed by atoms with Crippen LogP contribution in [-0.4, -0.2) is 3.81 Å². The van der Waals surface area contributed by atoms with Crippen molar-refractivity contribution in [3.05, 3.63) is 70.3 Å². The van der Waals surface area contributed by atoms with Gasteiger partial charge in [-0.05, 0) is 0 Å². The van der Waals surface area contributed by atoms with Crippen LogP contribution in [0.25, 0.3) is 0 Å². The average Bonchev–Trinajstić information content (AvgIpc) is 2.83. The molecule has 0 saturated heterocycles. The second-order valence-corrected chi connectivity index (χ2v) is 5.29. The largest absolute Gasteiger partial charge is 0.358 e. The van der Waals surface area contributed by atoms with E-state index in [9.17, 15) is 0 Å². The number of hydrogen-bond donors (Lipinski definition) is 0. The van der Waals surface area contributed by atoms with E-state index in [0.717, 1.165) is 14.6 Å². The molecule has 0 bridgehead atoms. The van der Waals surface area contributed by atoms with E-state index in [1.165, 1.54) is 3.81 Å². The van der Waals surface area contributed by atoms with Gasteiger partial charge >= 0.3 is 37.6 Å². The molecule has 1 aliphatic carbocycles. The van der Waals surface area contributed by atoms with Crippen LogP contribution in [0.1, 0.15) is 20.3 Å². The molecular weight excluding hydrogens is 330 g/mol. The zero-order chi connectivity index (χ0) is 10.6. The van der Waals surface area contributed by atoms with E-state index in [1.54, 1.807) is 0 Å². The molecule has 1 aromatic heterocycles. The fourth-order valence-corrected chi connectivity index (χ4v) is 1.06. The molecular formula is C15H26Cl2PTi-5. The number of halogens is 2. The van der Waals surface area contributed by atoms with Gasteiger partial charge in [0.25, 0.3) is 0 Å². The summed E-state index contributed by atoms with van der Waals surface area (Å²) in [5.74, 6) is 5.11. The molecule has 1 aromatic rings. The third-order valence-electron chi connectivity index (χ3n) is 1.03. The Kier molecular flexibility index (Phi) is 59.8. The van der Waals surface area contributed by atoms with E-state index in [1.807, 2.05) is 24.3 Å². The SMILES string of the molecule is C[C](C)=[Ti].Cl.Cl.[C-]1=CC=CC1.[CH3-].[CH3-].[CH3-].[c-]1ccc[pH]1. The predicted molar refractivity (Wildman–Crippen MR) is 96.4 cm³/mol. The van der Waals surface area contributed by atoms with Gasteiger partial charge in [-0.3, -0.25) is 14.3 Å². The van der Waals surface area contributed by atoms with Gasteiger partial charge in [-0.1, -0.05) is 0 Å². The van der Waals surface area contributed by atoms with Gasteiger partial charge in [0.15, 0.2) is 0 Å². The molecule has 1 aliphatic rings. The van der Waals surface area contributed by atoms with E-state index >= 15 is 0 Å². The smallest absolute Gasteiger partial charge is 0.109 e. The first-order valence-electron chi connectivity index (χ1n) is 4.46. The summed E-state index contributed by atoms with van der Waals surface area (Å²) in [5.41, 5.74) is 0. The van der Waals surface area contributed by atoms with Crippen LogP contribution in [0, 0.1) is 34.2 Å². The fourth-order valence-electron chi connectivity index (χ4n) is 0.581. The molecule has 0 fully saturated rings. The van der Waals surface area contributed by atoms with Crippen molar-refractivity contribution in [1.82, 2.24) is 0 Å². The summed E-state index contributed by atoms with van der Waals surface area (Å²) >= 11 is 2.08. The van der Waals surface area contributed by atoms with Crippen molar-refractivity contribution in [1.29, 1.82) is 0 Å². The zero-order valence-corrected chi connectivity index (χ0v) is 16.7. The molecule has 0 spiro atoms. The van der Waals surface area contributed by atoms with Crippen LogP contribution < -0.4 is 0 Å². The van der Waals surface area contributed by atoms with E-state index in [0.29, 0.717) is 0 Å². The Morgan fingerprint density at radius 3 is 1.79 bits per heavy atom. The summed E-state index contributed by atoms with van der Waals surface area (Å²) in [6.07, 6.45) is 10.0. The summed E-state index contributed by atoms with van der Waals surface area (Å²) in [7, 11) is 0.823. The Morgan fingerprint density at radius 1 is 1.16 bits per heavy atom. The van der Waals surface area contributed by atoms with Crippen LogP contribution in [0.3, 0.4) is 0 Å². The molecule has 0 saturated carbocycles. The monoisotopic (exact) mass is 355 g/mol. The Bertz CT molecular complexity index is 249. The van der Waals surface area contributed by atoms with Gasteiger partial charge in [0.1, 0.15) is 0 Å². The van der Waals surface area contributed by atoms with Crippen LogP contribution in [0.15, 0.2) is 36.2 Å². The molecule has 0 radical (unpaired) electrons. The maximum absolute atomic E-state index is 3.01. The van der Waals surface area contributed by atoms with Gasteiger partial charge in [0.2, 0.25) is 0 Å². The first-order valence-corrected chi connectivity index (χ1v) is 6.32.